The monoisotopic (exact) mass is 493 g/mol. The highest BCUT2D eigenvalue weighted by Crippen LogP contribution is 2.33. The number of nitrogens with one attached hydrogen (secondary N) is 2. The van der Waals surface area contributed by atoms with Crippen molar-refractivity contribution in [3.05, 3.63) is 24.2 Å². The fourth-order valence-electron chi connectivity index (χ4n) is 3.09. The van der Waals surface area contributed by atoms with Crippen molar-refractivity contribution in [1.82, 2.24) is 10.6 Å². The second kappa shape index (κ2) is 11.2. The molecule has 2 unspecified atom stereocenters. The Morgan fingerprint density at radius 2 is 2.19 bits per heavy atom. The van der Waals surface area contributed by atoms with Gasteiger partial charge >= 0.3 is 0 Å². The normalized spacial score (nSPS) is 23.0. The third-order valence-corrected chi connectivity index (χ3v) is 4.86. The summed E-state index contributed by atoms with van der Waals surface area (Å²) < 4.78 is 22.9. The van der Waals surface area contributed by atoms with Gasteiger partial charge in [-0.3, -0.25) is 4.99 Å². The van der Waals surface area contributed by atoms with Crippen LogP contribution in [-0.2, 0) is 20.6 Å². The van der Waals surface area contributed by atoms with Gasteiger partial charge in [-0.1, -0.05) is 6.92 Å². The Hall–Kier alpha value is -0.840. The number of rotatable bonds is 7. The zero-order chi connectivity index (χ0) is 18.2. The standard InChI is InChI=1S/C19H31N3O4.HI/c1-3-15(2)22-18(20-9-6-16-5-4-10-24-16)21-13-17-14-25-19(26-17)7-11-23-12-8-19;/h4-5,10,15,17H,3,6-9,11-14H2,1-2H3,(H2,20,21,22);1H. The van der Waals surface area contributed by atoms with E-state index in [1.54, 1.807) is 6.26 Å². The number of hydrogen-bond acceptors (Lipinski definition) is 5. The van der Waals surface area contributed by atoms with Crippen molar-refractivity contribution in [2.45, 2.75) is 57.5 Å². The predicted octanol–water partition coefficient (Wildman–Crippen LogP) is 2.70. The first-order chi connectivity index (χ1) is 12.7. The van der Waals surface area contributed by atoms with E-state index in [-0.39, 0.29) is 30.1 Å². The van der Waals surface area contributed by atoms with Gasteiger partial charge in [-0.15, -0.1) is 24.0 Å². The van der Waals surface area contributed by atoms with E-state index in [2.05, 4.69) is 24.5 Å². The Kier molecular flexibility index (Phi) is 9.34. The smallest absolute Gasteiger partial charge is 0.191 e. The molecule has 2 atom stereocenters. The van der Waals surface area contributed by atoms with E-state index in [4.69, 9.17) is 23.6 Å². The van der Waals surface area contributed by atoms with Gasteiger partial charge in [0.25, 0.3) is 0 Å². The van der Waals surface area contributed by atoms with Crippen LogP contribution in [0, 0.1) is 0 Å². The molecule has 2 fully saturated rings. The molecule has 2 N–H and O–H groups in total. The average Bonchev–Trinajstić information content (AvgIpc) is 3.30. The Balaban J connectivity index is 0.00000261. The van der Waals surface area contributed by atoms with Crippen LogP contribution in [-0.4, -0.2) is 56.8 Å². The Morgan fingerprint density at radius 1 is 1.37 bits per heavy atom. The first kappa shape index (κ1) is 22.4. The highest BCUT2D eigenvalue weighted by atomic mass is 127. The highest BCUT2D eigenvalue weighted by molar-refractivity contribution is 14.0. The highest BCUT2D eigenvalue weighted by Gasteiger charge is 2.42. The minimum absolute atomic E-state index is 0. The van der Waals surface area contributed by atoms with E-state index in [1.807, 2.05) is 12.1 Å². The minimum Gasteiger partial charge on any atom is -0.469 e. The number of aliphatic imine (C=N–C) groups is 1. The van der Waals surface area contributed by atoms with E-state index >= 15 is 0 Å². The van der Waals surface area contributed by atoms with Gasteiger partial charge in [0.1, 0.15) is 11.9 Å². The lowest BCUT2D eigenvalue weighted by molar-refractivity contribution is -0.210. The molecule has 3 heterocycles. The summed E-state index contributed by atoms with van der Waals surface area (Å²) in [5.41, 5.74) is 0. The van der Waals surface area contributed by atoms with Crippen LogP contribution in [0.1, 0.15) is 38.9 Å². The van der Waals surface area contributed by atoms with Crippen LogP contribution in [0.3, 0.4) is 0 Å². The molecule has 0 amide bonds. The van der Waals surface area contributed by atoms with Crippen molar-refractivity contribution in [2.24, 2.45) is 4.99 Å². The minimum atomic E-state index is -0.449. The molecule has 7 nitrogen and oxygen atoms in total. The Labute approximate surface area is 178 Å². The van der Waals surface area contributed by atoms with Crippen molar-refractivity contribution < 1.29 is 18.6 Å². The van der Waals surface area contributed by atoms with Crippen LogP contribution < -0.4 is 10.6 Å². The van der Waals surface area contributed by atoms with Crippen molar-refractivity contribution in [3.8, 4) is 0 Å². The second-order valence-electron chi connectivity index (χ2n) is 6.97. The van der Waals surface area contributed by atoms with Crippen LogP contribution >= 0.6 is 24.0 Å². The van der Waals surface area contributed by atoms with Gasteiger partial charge in [-0.25, -0.2) is 0 Å². The van der Waals surface area contributed by atoms with Crippen LogP contribution in [0.25, 0.3) is 0 Å². The lowest BCUT2D eigenvalue weighted by atomic mass is 10.1. The summed E-state index contributed by atoms with van der Waals surface area (Å²) in [6.07, 6.45) is 5.14. The summed E-state index contributed by atoms with van der Waals surface area (Å²) in [4.78, 5) is 4.72. The summed E-state index contributed by atoms with van der Waals surface area (Å²) in [6.45, 7) is 7.63. The van der Waals surface area contributed by atoms with E-state index in [9.17, 15) is 0 Å². The molecule has 3 rings (SSSR count). The third-order valence-electron chi connectivity index (χ3n) is 4.86. The van der Waals surface area contributed by atoms with Gasteiger partial charge < -0.3 is 29.3 Å². The molecule has 0 radical (unpaired) electrons. The molecule has 8 heteroatoms. The molecule has 1 aromatic heterocycles. The molecule has 0 aromatic carbocycles. The van der Waals surface area contributed by atoms with E-state index in [1.165, 1.54) is 0 Å². The van der Waals surface area contributed by atoms with Crippen molar-refractivity contribution in [3.63, 3.8) is 0 Å². The number of halogens is 1. The van der Waals surface area contributed by atoms with Crippen LogP contribution in [0.15, 0.2) is 27.8 Å². The molecule has 1 aromatic rings. The van der Waals surface area contributed by atoms with Gasteiger partial charge in [0.05, 0.1) is 32.6 Å². The summed E-state index contributed by atoms with van der Waals surface area (Å²) in [5, 5.41) is 6.81. The Morgan fingerprint density at radius 3 is 2.89 bits per heavy atom. The second-order valence-corrected chi connectivity index (χ2v) is 6.97. The van der Waals surface area contributed by atoms with Gasteiger partial charge in [-0.05, 0) is 25.5 Å². The molecular weight excluding hydrogens is 461 g/mol. The zero-order valence-electron chi connectivity index (χ0n) is 16.2. The average molecular weight is 493 g/mol. The van der Waals surface area contributed by atoms with Crippen molar-refractivity contribution >= 4 is 29.9 Å². The van der Waals surface area contributed by atoms with Gasteiger partial charge in [0, 0.05) is 31.8 Å². The molecule has 2 saturated heterocycles. The zero-order valence-corrected chi connectivity index (χ0v) is 18.6. The summed E-state index contributed by atoms with van der Waals surface area (Å²) >= 11 is 0. The first-order valence-electron chi connectivity index (χ1n) is 9.66. The maximum atomic E-state index is 6.16. The summed E-state index contributed by atoms with van der Waals surface area (Å²) in [5.74, 6) is 1.33. The molecule has 2 aliphatic rings. The number of furan rings is 1. The molecule has 0 bridgehead atoms. The third kappa shape index (κ3) is 6.92. The maximum absolute atomic E-state index is 6.16. The predicted molar refractivity (Wildman–Crippen MR) is 115 cm³/mol. The lowest BCUT2D eigenvalue weighted by Gasteiger charge is -2.31. The van der Waals surface area contributed by atoms with Crippen molar-refractivity contribution in [1.29, 1.82) is 0 Å². The maximum Gasteiger partial charge on any atom is 0.191 e. The van der Waals surface area contributed by atoms with E-state index in [0.717, 1.165) is 43.9 Å². The number of ether oxygens (including phenoxy) is 3. The van der Waals surface area contributed by atoms with Crippen LogP contribution in [0.2, 0.25) is 0 Å². The SMILES string of the molecule is CCC(C)NC(=NCC1COC2(CCOCC2)O1)NCCc1ccco1.I. The number of guanidine groups is 1. The molecule has 154 valence electrons. The quantitative estimate of drug-likeness (QED) is 0.346. The van der Waals surface area contributed by atoms with E-state index < -0.39 is 5.79 Å². The fourth-order valence-corrected chi connectivity index (χ4v) is 3.09. The van der Waals surface area contributed by atoms with Gasteiger partial charge in [0.15, 0.2) is 11.7 Å². The molecule has 27 heavy (non-hydrogen) atoms. The lowest BCUT2D eigenvalue weighted by Crippen LogP contribution is -2.43. The molecular formula is C19H32IN3O4. The molecule has 2 aliphatic heterocycles. The fraction of sp³-hybridized carbons (Fsp3) is 0.737. The topological polar surface area (TPSA) is 77.3 Å². The molecule has 0 aliphatic carbocycles. The van der Waals surface area contributed by atoms with Crippen LogP contribution in [0.4, 0.5) is 0 Å². The van der Waals surface area contributed by atoms with Gasteiger partial charge in [0.2, 0.25) is 0 Å². The first-order valence-corrected chi connectivity index (χ1v) is 9.66. The molecule has 0 saturated carbocycles. The number of nitrogens with zero attached hydrogens (tertiary/aromatic N) is 1. The molecule has 1 spiro atoms. The summed E-state index contributed by atoms with van der Waals surface area (Å²) in [6, 6.07) is 4.25. The van der Waals surface area contributed by atoms with E-state index in [0.29, 0.717) is 32.4 Å². The Bertz CT molecular complexity index is 561. The largest absolute Gasteiger partial charge is 0.469 e. The summed E-state index contributed by atoms with van der Waals surface area (Å²) in [7, 11) is 0. The number of hydrogen-bond donors (Lipinski definition) is 2. The van der Waals surface area contributed by atoms with Crippen molar-refractivity contribution in [2.75, 3.05) is 32.9 Å². The van der Waals surface area contributed by atoms with Gasteiger partial charge in [-0.2, -0.15) is 0 Å². The van der Waals surface area contributed by atoms with Crippen LogP contribution in [0.5, 0.6) is 0 Å².